The second kappa shape index (κ2) is 7.62. The van der Waals surface area contributed by atoms with Gasteiger partial charge >= 0.3 is 0 Å². The van der Waals surface area contributed by atoms with Crippen LogP contribution in [-0.2, 0) is 11.3 Å². The summed E-state index contributed by atoms with van der Waals surface area (Å²) in [4.78, 5) is 18.0. The van der Waals surface area contributed by atoms with Gasteiger partial charge in [0.15, 0.2) is 0 Å². The maximum Gasteiger partial charge on any atom is 0.238 e. The van der Waals surface area contributed by atoms with Crippen molar-refractivity contribution in [2.24, 2.45) is 0 Å². The molecule has 0 saturated carbocycles. The van der Waals surface area contributed by atoms with E-state index in [1.54, 1.807) is 18.3 Å². The van der Waals surface area contributed by atoms with Crippen molar-refractivity contribution in [3.8, 4) is 5.88 Å². The topological polar surface area (TPSA) is 47.4 Å². The minimum Gasteiger partial charge on any atom is -0.474 e. The van der Waals surface area contributed by atoms with Gasteiger partial charge in [0, 0.05) is 35.8 Å². The number of carbonyl (C=O) groups excluding carboxylic acids is 1. The zero-order valence-corrected chi connectivity index (χ0v) is 16.2. The van der Waals surface area contributed by atoms with E-state index < -0.39 is 0 Å². The Morgan fingerprint density at radius 3 is 2.79 bits per heavy atom. The first-order valence-corrected chi connectivity index (χ1v) is 9.64. The SMILES string of the molecule is Cc1c(C)n(Cc2ccccc2F)c2c(OCCN3CCCC3=O)nccc12. The summed E-state index contributed by atoms with van der Waals surface area (Å²) in [6.07, 6.45) is 3.27. The van der Waals surface area contributed by atoms with Crippen LogP contribution < -0.4 is 4.74 Å². The number of halogens is 1. The largest absolute Gasteiger partial charge is 0.474 e. The summed E-state index contributed by atoms with van der Waals surface area (Å²) in [5, 5.41) is 1.05. The van der Waals surface area contributed by atoms with Crippen LogP contribution in [0.3, 0.4) is 0 Å². The predicted molar refractivity (Wildman–Crippen MR) is 106 cm³/mol. The third kappa shape index (κ3) is 3.35. The van der Waals surface area contributed by atoms with Crippen molar-refractivity contribution in [2.45, 2.75) is 33.2 Å². The number of aromatic nitrogens is 2. The molecule has 1 aliphatic rings. The molecule has 6 heteroatoms. The average molecular weight is 381 g/mol. The number of hydrogen-bond acceptors (Lipinski definition) is 3. The smallest absolute Gasteiger partial charge is 0.238 e. The first kappa shape index (κ1) is 18.5. The van der Waals surface area contributed by atoms with Gasteiger partial charge in [-0.25, -0.2) is 9.37 Å². The van der Waals surface area contributed by atoms with Crippen LogP contribution in [0, 0.1) is 19.7 Å². The first-order valence-electron chi connectivity index (χ1n) is 9.64. The Bertz CT molecular complexity index is 1030. The maximum atomic E-state index is 14.2. The number of amides is 1. The lowest BCUT2D eigenvalue weighted by Crippen LogP contribution is -2.29. The zero-order valence-electron chi connectivity index (χ0n) is 16.2. The van der Waals surface area contributed by atoms with Crippen LogP contribution in [0.2, 0.25) is 0 Å². The Morgan fingerprint density at radius 1 is 1.21 bits per heavy atom. The van der Waals surface area contributed by atoms with Crippen molar-refractivity contribution in [3.05, 3.63) is 59.2 Å². The van der Waals surface area contributed by atoms with Gasteiger partial charge in [0.1, 0.15) is 17.9 Å². The number of benzene rings is 1. The number of nitrogens with zero attached hydrogens (tertiary/aromatic N) is 3. The van der Waals surface area contributed by atoms with Crippen LogP contribution in [0.15, 0.2) is 36.5 Å². The zero-order chi connectivity index (χ0) is 19.7. The van der Waals surface area contributed by atoms with Crippen LogP contribution in [-0.4, -0.2) is 40.1 Å². The molecule has 0 spiro atoms. The highest BCUT2D eigenvalue weighted by Crippen LogP contribution is 2.31. The van der Waals surface area contributed by atoms with Gasteiger partial charge in [0.05, 0.1) is 13.1 Å². The monoisotopic (exact) mass is 381 g/mol. The summed E-state index contributed by atoms with van der Waals surface area (Å²) < 4.78 is 22.3. The molecule has 4 rings (SSSR count). The minimum absolute atomic E-state index is 0.185. The first-order chi connectivity index (χ1) is 13.6. The molecule has 5 nitrogen and oxygen atoms in total. The van der Waals surface area contributed by atoms with E-state index >= 15 is 0 Å². The second-order valence-electron chi connectivity index (χ2n) is 7.23. The number of ether oxygens (including phenoxy) is 1. The summed E-state index contributed by atoms with van der Waals surface area (Å²) in [7, 11) is 0. The lowest BCUT2D eigenvalue weighted by Gasteiger charge is -2.16. The molecule has 1 saturated heterocycles. The van der Waals surface area contributed by atoms with E-state index in [1.807, 2.05) is 24.0 Å². The van der Waals surface area contributed by atoms with E-state index in [1.165, 1.54) is 6.07 Å². The molecule has 0 bridgehead atoms. The summed E-state index contributed by atoms with van der Waals surface area (Å²) in [5.41, 5.74) is 3.69. The molecule has 3 heterocycles. The van der Waals surface area contributed by atoms with Crippen LogP contribution >= 0.6 is 0 Å². The molecular weight excluding hydrogens is 357 g/mol. The van der Waals surface area contributed by atoms with Crippen LogP contribution in [0.4, 0.5) is 4.39 Å². The van der Waals surface area contributed by atoms with Gasteiger partial charge in [-0.15, -0.1) is 0 Å². The summed E-state index contributed by atoms with van der Waals surface area (Å²) in [6.45, 7) is 6.24. The third-order valence-corrected chi connectivity index (χ3v) is 5.57. The Kier molecular flexibility index (Phi) is 5.03. The Balaban J connectivity index is 1.64. The molecule has 0 atom stereocenters. The quantitative estimate of drug-likeness (QED) is 0.652. The van der Waals surface area contributed by atoms with Crippen LogP contribution in [0.5, 0.6) is 5.88 Å². The Morgan fingerprint density at radius 2 is 2.04 bits per heavy atom. The molecule has 0 unspecified atom stereocenters. The van der Waals surface area contributed by atoms with Gasteiger partial charge in [0.25, 0.3) is 0 Å². The minimum atomic E-state index is -0.222. The van der Waals surface area contributed by atoms with Crippen molar-refractivity contribution in [2.75, 3.05) is 19.7 Å². The lowest BCUT2D eigenvalue weighted by molar-refractivity contribution is -0.128. The number of pyridine rings is 1. The average Bonchev–Trinajstić information content (AvgIpc) is 3.21. The highest BCUT2D eigenvalue weighted by atomic mass is 19.1. The lowest BCUT2D eigenvalue weighted by atomic mass is 10.2. The summed E-state index contributed by atoms with van der Waals surface area (Å²) >= 11 is 0. The van der Waals surface area contributed by atoms with Crippen molar-refractivity contribution >= 4 is 16.8 Å². The van der Waals surface area contributed by atoms with Gasteiger partial charge in [-0.05, 0) is 38.0 Å². The summed E-state index contributed by atoms with van der Waals surface area (Å²) in [6, 6.07) is 8.78. The van der Waals surface area contributed by atoms with Crippen molar-refractivity contribution in [1.82, 2.24) is 14.5 Å². The fraction of sp³-hybridized carbons (Fsp3) is 0.364. The van der Waals surface area contributed by atoms with Crippen molar-refractivity contribution in [3.63, 3.8) is 0 Å². The second-order valence-corrected chi connectivity index (χ2v) is 7.23. The summed E-state index contributed by atoms with van der Waals surface area (Å²) in [5.74, 6) is 0.487. The number of rotatable bonds is 6. The molecule has 2 aromatic heterocycles. The van der Waals surface area contributed by atoms with E-state index in [4.69, 9.17) is 4.74 Å². The van der Waals surface area contributed by atoms with E-state index in [0.717, 1.165) is 35.1 Å². The number of likely N-dealkylation sites (tertiary alicyclic amines) is 1. The number of fused-ring (bicyclic) bond motifs is 1. The standard InChI is InChI=1S/C22H24FN3O2/c1-15-16(2)26(14-17-6-3-4-7-19(17)23)21-18(15)9-10-24-22(21)28-13-12-25-11-5-8-20(25)27/h3-4,6-7,9-10H,5,8,11-14H2,1-2H3. The van der Waals surface area contributed by atoms with Crippen molar-refractivity contribution in [1.29, 1.82) is 0 Å². The van der Waals surface area contributed by atoms with E-state index in [2.05, 4.69) is 16.5 Å². The highest BCUT2D eigenvalue weighted by molar-refractivity contribution is 5.89. The van der Waals surface area contributed by atoms with Gasteiger partial charge in [0.2, 0.25) is 11.8 Å². The molecule has 1 aliphatic heterocycles. The molecule has 3 aromatic rings. The highest BCUT2D eigenvalue weighted by Gasteiger charge is 2.21. The number of carbonyl (C=O) groups is 1. The maximum absolute atomic E-state index is 14.2. The predicted octanol–water partition coefficient (Wildman–Crippen LogP) is 3.84. The normalized spacial score (nSPS) is 14.2. The van der Waals surface area contributed by atoms with Gasteiger partial charge in [-0.1, -0.05) is 18.2 Å². The van der Waals surface area contributed by atoms with Gasteiger partial charge in [-0.3, -0.25) is 4.79 Å². The molecule has 0 aliphatic carbocycles. The van der Waals surface area contributed by atoms with Crippen molar-refractivity contribution < 1.29 is 13.9 Å². The number of aryl methyl sites for hydroxylation is 1. The molecule has 1 amide bonds. The number of hydrogen-bond donors (Lipinski definition) is 0. The van der Waals surface area contributed by atoms with Gasteiger partial charge in [-0.2, -0.15) is 0 Å². The van der Waals surface area contributed by atoms with Gasteiger partial charge < -0.3 is 14.2 Å². The molecule has 1 aromatic carbocycles. The Labute approximate surface area is 163 Å². The molecular formula is C22H24FN3O2. The van der Waals surface area contributed by atoms with Crippen LogP contribution in [0.25, 0.3) is 10.9 Å². The fourth-order valence-electron chi connectivity index (χ4n) is 3.86. The van der Waals surface area contributed by atoms with E-state index in [-0.39, 0.29) is 11.7 Å². The molecule has 28 heavy (non-hydrogen) atoms. The fourth-order valence-corrected chi connectivity index (χ4v) is 3.86. The molecule has 0 N–H and O–H groups in total. The molecule has 146 valence electrons. The molecule has 0 radical (unpaired) electrons. The van der Waals surface area contributed by atoms with E-state index in [9.17, 15) is 9.18 Å². The molecule has 1 fully saturated rings. The Hall–Kier alpha value is -2.89. The van der Waals surface area contributed by atoms with E-state index in [0.29, 0.717) is 37.6 Å². The van der Waals surface area contributed by atoms with Crippen LogP contribution in [0.1, 0.15) is 29.7 Å². The third-order valence-electron chi connectivity index (χ3n) is 5.57.